The third-order valence-electron chi connectivity index (χ3n) is 6.32. The van der Waals surface area contributed by atoms with Crippen LogP contribution >= 0.6 is 0 Å². The standard InChI is InChI=1S/C22H33N5O4/c1-25-20-16(5-3-14-31-15-13-26-11-9-23-10-12-26)4-2-6-17(20)27(22(25)30)18-7-8-19(28)24-21(18)29/h2,4,6,18-19,23,28H,3,5,7-15H2,1H3,(H,24,29). The number of aryl methyl sites for hydroxylation is 2. The van der Waals surface area contributed by atoms with Gasteiger partial charge in [-0.1, -0.05) is 12.1 Å². The van der Waals surface area contributed by atoms with Crippen LogP contribution in [0.15, 0.2) is 23.0 Å². The summed E-state index contributed by atoms with van der Waals surface area (Å²) in [6, 6.07) is 5.28. The average molecular weight is 432 g/mol. The van der Waals surface area contributed by atoms with E-state index in [1.807, 2.05) is 18.2 Å². The van der Waals surface area contributed by atoms with Crippen LogP contribution in [0.5, 0.6) is 0 Å². The maximum atomic E-state index is 13.0. The maximum Gasteiger partial charge on any atom is 0.329 e. The van der Waals surface area contributed by atoms with Gasteiger partial charge in [0, 0.05) is 46.4 Å². The number of aliphatic hydroxyl groups excluding tert-OH is 1. The Labute approximate surface area is 182 Å². The zero-order valence-electron chi connectivity index (χ0n) is 18.2. The lowest BCUT2D eigenvalue weighted by Gasteiger charge is -2.26. The smallest absolute Gasteiger partial charge is 0.329 e. The summed E-state index contributed by atoms with van der Waals surface area (Å²) >= 11 is 0. The van der Waals surface area contributed by atoms with Crippen LogP contribution in [0, 0.1) is 0 Å². The molecule has 1 aromatic heterocycles. The topological polar surface area (TPSA) is 101 Å². The molecule has 2 aromatic rings. The molecular formula is C22H33N5O4. The van der Waals surface area contributed by atoms with Crippen molar-refractivity contribution in [2.75, 3.05) is 45.9 Å². The lowest BCUT2D eigenvalue weighted by atomic mass is 10.0. The molecule has 0 spiro atoms. The van der Waals surface area contributed by atoms with E-state index in [0.717, 1.165) is 68.8 Å². The number of nitrogens with zero attached hydrogens (tertiary/aromatic N) is 3. The summed E-state index contributed by atoms with van der Waals surface area (Å²) in [7, 11) is 1.75. The second-order valence-corrected chi connectivity index (χ2v) is 8.42. The predicted molar refractivity (Wildman–Crippen MR) is 118 cm³/mol. The van der Waals surface area contributed by atoms with Crippen LogP contribution in [0.1, 0.15) is 30.9 Å². The van der Waals surface area contributed by atoms with Gasteiger partial charge < -0.3 is 20.5 Å². The molecule has 0 bridgehead atoms. The molecule has 0 saturated carbocycles. The number of imidazole rings is 1. The van der Waals surface area contributed by atoms with Crippen LogP contribution in [0.4, 0.5) is 0 Å². The number of carbonyl (C=O) groups excluding carboxylic acids is 1. The Kier molecular flexibility index (Phi) is 7.06. The van der Waals surface area contributed by atoms with Gasteiger partial charge in [0.2, 0.25) is 5.91 Å². The molecule has 2 unspecified atom stereocenters. The molecule has 170 valence electrons. The Morgan fingerprint density at radius 1 is 1.16 bits per heavy atom. The van der Waals surface area contributed by atoms with E-state index in [4.69, 9.17) is 4.74 Å². The zero-order chi connectivity index (χ0) is 21.8. The first-order valence-corrected chi connectivity index (χ1v) is 11.2. The zero-order valence-corrected chi connectivity index (χ0v) is 18.2. The summed E-state index contributed by atoms with van der Waals surface area (Å²) in [6.45, 7) is 6.63. The molecule has 2 fully saturated rings. The van der Waals surface area contributed by atoms with Crippen molar-refractivity contribution in [3.8, 4) is 0 Å². The van der Waals surface area contributed by atoms with Crippen molar-refractivity contribution in [3.05, 3.63) is 34.2 Å². The Hall–Kier alpha value is -2.20. The number of hydrogen-bond donors (Lipinski definition) is 3. The second kappa shape index (κ2) is 9.95. The number of carbonyl (C=O) groups is 1. The van der Waals surface area contributed by atoms with Crippen molar-refractivity contribution in [2.45, 2.75) is 38.0 Å². The minimum atomic E-state index is -0.837. The van der Waals surface area contributed by atoms with E-state index in [1.54, 1.807) is 16.2 Å². The number of hydrogen-bond acceptors (Lipinski definition) is 6. The van der Waals surface area contributed by atoms with Crippen LogP contribution in [0.25, 0.3) is 11.0 Å². The molecule has 3 N–H and O–H groups in total. The molecule has 4 rings (SSSR count). The van der Waals surface area contributed by atoms with Gasteiger partial charge in [-0.15, -0.1) is 0 Å². The van der Waals surface area contributed by atoms with Crippen LogP contribution in [0.3, 0.4) is 0 Å². The fourth-order valence-electron chi connectivity index (χ4n) is 4.64. The first kappa shape index (κ1) is 22.0. The van der Waals surface area contributed by atoms with Gasteiger partial charge in [0.15, 0.2) is 0 Å². The number of rotatable bonds is 8. The molecule has 1 amide bonds. The largest absolute Gasteiger partial charge is 0.380 e. The minimum Gasteiger partial charge on any atom is -0.380 e. The van der Waals surface area contributed by atoms with E-state index in [1.165, 1.54) is 0 Å². The number of amides is 1. The van der Waals surface area contributed by atoms with E-state index in [0.29, 0.717) is 19.4 Å². The molecule has 31 heavy (non-hydrogen) atoms. The van der Waals surface area contributed by atoms with Crippen molar-refractivity contribution in [3.63, 3.8) is 0 Å². The van der Waals surface area contributed by atoms with Crippen molar-refractivity contribution in [2.24, 2.45) is 7.05 Å². The summed E-state index contributed by atoms with van der Waals surface area (Å²) in [6.07, 6.45) is 1.71. The number of piperazine rings is 1. The summed E-state index contributed by atoms with van der Waals surface area (Å²) in [5.41, 5.74) is 2.51. The van der Waals surface area contributed by atoms with Crippen LogP contribution < -0.4 is 16.3 Å². The number of aromatic nitrogens is 2. The first-order valence-electron chi connectivity index (χ1n) is 11.2. The Balaban J connectivity index is 1.40. The van der Waals surface area contributed by atoms with Crippen LogP contribution in [-0.2, 0) is 23.0 Å². The third-order valence-corrected chi connectivity index (χ3v) is 6.32. The lowest BCUT2D eigenvalue weighted by molar-refractivity contribution is -0.130. The second-order valence-electron chi connectivity index (χ2n) is 8.42. The fourth-order valence-corrected chi connectivity index (χ4v) is 4.64. The van der Waals surface area contributed by atoms with Crippen molar-refractivity contribution in [1.82, 2.24) is 24.7 Å². The van der Waals surface area contributed by atoms with E-state index in [-0.39, 0.29) is 11.6 Å². The Bertz CT molecular complexity index is 963. The highest BCUT2D eigenvalue weighted by molar-refractivity contribution is 5.86. The normalized spacial score (nSPS) is 22.7. The van der Waals surface area contributed by atoms with Gasteiger partial charge in [-0.05, 0) is 37.3 Å². The van der Waals surface area contributed by atoms with Gasteiger partial charge in [-0.2, -0.15) is 0 Å². The SMILES string of the molecule is Cn1c(=O)n(C2CCC(O)NC2=O)c2cccc(CCCOCCN3CCNCC3)c21. The molecule has 2 atom stereocenters. The number of piperidine rings is 1. The van der Waals surface area contributed by atoms with Crippen LogP contribution in [0.2, 0.25) is 0 Å². The van der Waals surface area contributed by atoms with Crippen molar-refractivity contribution in [1.29, 1.82) is 0 Å². The fraction of sp³-hybridized carbons (Fsp3) is 0.636. The predicted octanol–water partition coefficient (Wildman–Crippen LogP) is -0.0361. The van der Waals surface area contributed by atoms with E-state index < -0.39 is 12.3 Å². The van der Waals surface area contributed by atoms with E-state index >= 15 is 0 Å². The number of aliphatic hydroxyl groups is 1. The average Bonchev–Trinajstić information content (AvgIpc) is 3.02. The Morgan fingerprint density at radius 2 is 1.97 bits per heavy atom. The summed E-state index contributed by atoms with van der Waals surface area (Å²) in [5.74, 6) is -0.309. The first-order chi connectivity index (χ1) is 15.1. The highest BCUT2D eigenvalue weighted by atomic mass is 16.5. The Morgan fingerprint density at radius 3 is 2.74 bits per heavy atom. The summed E-state index contributed by atoms with van der Waals surface area (Å²) < 4.78 is 9.04. The van der Waals surface area contributed by atoms with Gasteiger partial charge in [0.05, 0.1) is 17.6 Å². The van der Waals surface area contributed by atoms with Gasteiger partial charge in [-0.25, -0.2) is 4.79 Å². The molecule has 2 aliphatic rings. The summed E-state index contributed by atoms with van der Waals surface area (Å²) in [4.78, 5) is 27.8. The molecule has 0 radical (unpaired) electrons. The van der Waals surface area contributed by atoms with Gasteiger partial charge in [-0.3, -0.25) is 18.8 Å². The number of ether oxygens (including phenoxy) is 1. The third kappa shape index (κ3) is 4.85. The number of benzene rings is 1. The van der Waals surface area contributed by atoms with Gasteiger partial charge >= 0.3 is 5.69 Å². The highest BCUT2D eigenvalue weighted by Crippen LogP contribution is 2.26. The number of nitrogens with one attached hydrogen (secondary N) is 2. The van der Waals surface area contributed by atoms with Crippen LogP contribution in [-0.4, -0.2) is 77.2 Å². The lowest BCUT2D eigenvalue weighted by Crippen LogP contribution is -2.46. The van der Waals surface area contributed by atoms with Crippen molar-refractivity contribution < 1.29 is 14.6 Å². The molecule has 0 aliphatic carbocycles. The maximum absolute atomic E-state index is 13.0. The minimum absolute atomic E-state index is 0.203. The number of para-hydroxylation sites is 1. The highest BCUT2D eigenvalue weighted by Gasteiger charge is 2.31. The number of fused-ring (bicyclic) bond motifs is 1. The van der Waals surface area contributed by atoms with Gasteiger partial charge in [0.25, 0.3) is 0 Å². The molecule has 2 saturated heterocycles. The molecule has 9 heteroatoms. The molecular weight excluding hydrogens is 398 g/mol. The quantitative estimate of drug-likeness (QED) is 0.508. The molecule has 3 heterocycles. The van der Waals surface area contributed by atoms with Gasteiger partial charge in [0.1, 0.15) is 12.3 Å². The molecule has 9 nitrogen and oxygen atoms in total. The molecule has 2 aliphatic heterocycles. The monoisotopic (exact) mass is 431 g/mol. The summed E-state index contributed by atoms with van der Waals surface area (Å²) in [5, 5.41) is 15.6. The van der Waals surface area contributed by atoms with E-state index in [2.05, 4.69) is 15.5 Å². The van der Waals surface area contributed by atoms with Crippen molar-refractivity contribution >= 4 is 16.9 Å². The molecule has 1 aromatic carbocycles. The van der Waals surface area contributed by atoms with E-state index in [9.17, 15) is 14.7 Å².